The van der Waals surface area contributed by atoms with Gasteiger partial charge in [0.2, 0.25) is 11.8 Å². The van der Waals surface area contributed by atoms with E-state index in [0.29, 0.717) is 23.9 Å². The van der Waals surface area contributed by atoms with Crippen LogP contribution in [0.5, 0.6) is 0 Å². The SMILES string of the molecule is CC1(CN)CCN(C(=O)Cc2csc(NC(=O)C(C)(C)C)n2)C1.Cl.Cl. The molecule has 3 N–H and O–H groups in total. The molecule has 2 amide bonds. The monoisotopic (exact) mass is 410 g/mol. The molecule has 2 rings (SSSR count). The topological polar surface area (TPSA) is 88.3 Å². The molecule has 1 aromatic rings. The first kappa shape index (κ1) is 24.1. The average molecular weight is 411 g/mol. The van der Waals surface area contributed by atoms with Gasteiger partial charge in [0.1, 0.15) is 0 Å². The molecule has 1 fully saturated rings. The number of rotatable bonds is 4. The van der Waals surface area contributed by atoms with E-state index in [1.165, 1.54) is 11.3 Å². The first-order valence-corrected chi connectivity index (χ1v) is 8.75. The van der Waals surface area contributed by atoms with Gasteiger partial charge in [0.25, 0.3) is 0 Å². The molecule has 0 bridgehead atoms. The van der Waals surface area contributed by atoms with Gasteiger partial charge in [-0.2, -0.15) is 0 Å². The van der Waals surface area contributed by atoms with E-state index in [0.717, 1.165) is 13.0 Å². The minimum Gasteiger partial charge on any atom is -0.342 e. The van der Waals surface area contributed by atoms with Crippen LogP contribution in [0.4, 0.5) is 5.13 Å². The quantitative estimate of drug-likeness (QED) is 0.798. The molecule has 144 valence electrons. The van der Waals surface area contributed by atoms with Crippen molar-refractivity contribution in [2.24, 2.45) is 16.6 Å². The normalized spacial score (nSPS) is 19.8. The van der Waals surface area contributed by atoms with Crippen molar-refractivity contribution in [3.63, 3.8) is 0 Å². The number of carbonyl (C=O) groups excluding carboxylic acids is 2. The molecule has 1 aromatic heterocycles. The predicted molar refractivity (Wildman–Crippen MR) is 107 cm³/mol. The second kappa shape index (κ2) is 9.16. The highest BCUT2D eigenvalue weighted by Gasteiger charge is 2.34. The molecule has 1 unspecified atom stereocenters. The molecule has 25 heavy (non-hydrogen) atoms. The van der Waals surface area contributed by atoms with Gasteiger partial charge >= 0.3 is 0 Å². The summed E-state index contributed by atoms with van der Waals surface area (Å²) in [7, 11) is 0. The lowest BCUT2D eigenvalue weighted by Gasteiger charge is -2.22. The zero-order chi connectivity index (χ0) is 17.3. The Bertz CT molecular complexity index is 603. The average Bonchev–Trinajstić information content (AvgIpc) is 3.05. The van der Waals surface area contributed by atoms with E-state index < -0.39 is 5.41 Å². The van der Waals surface area contributed by atoms with Crippen LogP contribution < -0.4 is 11.1 Å². The fourth-order valence-electron chi connectivity index (χ4n) is 2.40. The van der Waals surface area contributed by atoms with Gasteiger partial charge in [-0.3, -0.25) is 9.59 Å². The van der Waals surface area contributed by atoms with Crippen LogP contribution in [0.25, 0.3) is 0 Å². The molecule has 0 aromatic carbocycles. The van der Waals surface area contributed by atoms with E-state index in [4.69, 9.17) is 5.73 Å². The lowest BCUT2D eigenvalue weighted by atomic mass is 9.90. The van der Waals surface area contributed by atoms with Gasteiger partial charge in [-0.05, 0) is 18.4 Å². The summed E-state index contributed by atoms with van der Waals surface area (Å²) in [4.78, 5) is 30.5. The van der Waals surface area contributed by atoms with Gasteiger partial charge in [-0.1, -0.05) is 27.7 Å². The molecule has 6 nitrogen and oxygen atoms in total. The molecule has 1 aliphatic rings. The predicted octanol–water partition coefficient (Wildman–Crippen LogP) is 2.71. The number of anilines is 1. The fourth-order valence-corrected chi connectivity index (χ4v) is 3.11. The first-order chi connectivity index (χ1) is 10.6. The molecule has 1 saturated heterocycles. The van der Waals surface area contributed by atoms with Crippen molar-refractivity contribution in [3.05, 3.63) is 11.1 Å². The van der Waals surface area contributed by atoms with E-state index in [9.17, 15) is 9.59 Å². The Balaban J connectivity index is 0.00000288. The third-order valence-electron chi connectivity index (χ3n) is 4.19. The number of halogens is 2. The van der Waals surface area contributed by atoms with Crippen LogP contribution in [0.2, 0.25) is 0 Å². The summed E-state index contributed by atoms with van der Waals surface area (Å²) in [6.07, 6.45) is 1.21. The highest BCUT2D eigenvalue weighted by Crippen LogP contribution is 2.29. The fraction of sp³-hybridized carbons (Fsp3) is 0.688. The Labute approximate surface area is 165 Å². The van der Waals surface area contributed by atoms with E-state index in [1.54, 1.807) is 0 Å². The standard InChI is InChI=1S/C16H26N4O2S.2ClH/c1-15(2,3)13(22)19-14-18-11(8-23-14)7-12(21)20-6-5-16(4,9-17)10-20;;/h8H,5-7,9-10,17H2,1-4H3,(H,18,19,22);2*1H. The van der Waals surface area contributed by atoms with Crippen LogP contribution >= 0.6 is 36.2 Å². The van der Waals surface area contributed by atoms with Crippen molar-refractivity contribution < 1.29 is 9.59 Å². The van der Waals surface area contributed by atoms with Gasteiger partial charge in [-0.15, -0.1) is 36.2 Å². The number of hydrogen-bond acceptors (Lipinski definition) is 5. The zero-order valence-corrected chi connectivity index (χ0v) is 17.6. The number of aromatic nitrogens is 1. The Kier molecular flexibility index (Phi) is 8.84. The second-order valence-electron chi connectivity index (χ2n) is 7.60. The molecule has 0 spiro atoms. The zero-order valence-electron chi connectivity index (χ0n) is 15.1. The Morgan fingerprint density at radius 3 is 2.56 bits per heavy atom. The Morgan fingerprint density at radius 1 is 1.40 bits per heavy atom. The smallest absolute Gasteiger partial charge is 0.231 e. The van der Waals surface area contributed by atoms with Crippen LogP contribution in [0.15, 0.2) is 5.38 Å². The second-order valence-corrected chi connectivity index (χ2v) is 8.46. The van der Waals surface area contributed by atoms with Gasteiger partial charge in [0.05, 0.1) is 12.1 Å². The number of amides is 2. The summed E-state index contributed by atoms with van der Waals surface area (Å²) < 4.78 is 0. The Hall–Kier alpha value is -0.890. The molecule has 0 saturated carbocycles. The number of carbonyl (C=O) groups is 2. The third-order valence-corrected chi connectivity index (χ3v) is 5.00. The number of nitrogens with two attached hydrogens (primary N) is 1. The Morgan fingerprint density at radius 2 is 2.04 bits per heavy atom. The van der Waals surface area contributed by atoms with Crippen molar-refractivity contribution in [2.45, 2.75) is 40.5 Å². The summed E-state index contributed by atoms with van der Waals surface area (Å²) in [5, 5.41) is 5.16. The maximum Gasteiger partial charge on any atom is 0.231 e. The molecular weight excluding hydrogens is 383 g/mol. The van der Waals surface area contributed by atoms with Crippen molar-refractivity contribution in [1.29, 1.82) is 0 Å². The summed E-state index contributed by atoms with van der Waals surface area (Å²) in [5.41, 5.74) is 6.04. The van der Waals surface area contributed by atoms with Crippen LogP contribution in [-0.2, 0) is 16.0 Å². The molecule has 1 aliphatic heterocycles. The summed E-state index contributed by atoms with van der Waals surface area (Å²) in [5.74, 6) is -0.0100. The highest BCUT2D eigenvalue weighted by molar-refractivity contribution is 7.13. The lowest BCUT2D eigenvalue weighted by Crippen LogP contribution is -2.35. The van der Waals surface area contributed by atoms with E-state index in [-0.39, 0.29) is 48.5 Å². The summed E-state index contributed by atoms with van der Waals surface area (Å²) in [6.45, 7) is 9.72. The maximum absolute atomic E-state index is 12.4. The van der Waals surface area contributed by atoms with Gasteiger partial charge in [0.15, 0.2) is 5.13 Å². The van der Waals surface area contributed by atoms with Crippen LogP contribution in [0, 0.1) is 10.8 Å². The minimum absolute atomic E-state index is 0. The van der Waals surface area contributed by atoms with Crippen molar-refractivity contribution in [3.8, 4) is 0 Å². The van der Waals surface area contributed by atoms with E-state index in [1.807, 2.05) is 31.1 Å². The van der Waals surface area contributed by atoms with Gasteiger partial charge in [-0.25, -0.2) is 4.98 Å². The minimum atomic E-state index is -0.468. The number of hydrogen-bond donors (Lipinski definition) is 2. The van der Waals surface area contributed by atoms with Gasteiger partial charge < -0.3 is 16.0 Å². The summed E-state index contributed by atoms with van der Waals surface area (Å²) >= 11 is 1.35. The molecule has 2 heterocycles. The van der Waals surface area contributed by atoms with E-state index >= 15 is 0 Å². The largest absolute Gasteiger partial charge is 0.342 e. The number of nitrogens with one attached hydrogen (secondary N) is 1. The number of likely N-dealkylation sites (tertiary alicyclic amines) is 1. The van der Waals surface area contributed by atoms with Crippen molar-refractivity contribution >= 4 is 53.1 Å². The molecule has 1 atom stereocenters. The maximum atomic E-state index is 12.4. The van der Waals surface area contributed by atoms with Gasteiger partial charge in [0, 0.05) is 23.9 Å². The van der Waals surface area contributed by atoms with Crippen molar-refractivity contribution in [2.75, 3.05) is 25.0 Å². The third kappa shape index (κ3) is 6.40. The lowest BCUT2D eigenvalue weighted by molar-refractivity contribution is -0.129. The first-order valence-electron chi connectivity index (χ1n) is 7.87. The number of thiazole rings is 1. The molecule has 0 aliphatic carbocycles. The molecule has 9 heteroatoms. The van der Waals surface area contributed by atoms with Crippen LogP contribution in [0.1, 0.15) is 39.8 Å². The summed E-state index contributed by atoms with van der Waals surface area (Å²) in [6, 6.07) is 0. The van der Waals surface area contributed by atoms with Crippen LogP contribution in [0.3, 0.4) is 0 Å². The van der Waals surface area contributed by atoms with Crippen LogP contribution in [-0.4, -0.2) is 41.3 Å². The molecule has 0 radical (unpaired) electrons. The highest BCUT2D eigenvalue weighted by atomic mass is 35.5. The molecular formula is C16H28Cl2N4O2S. The van der Waals surface area contributed by atoms with E-state index in [2.05, 4.69) is 17.2 Å². The number of nitrogens with zero attached hydrogens (tertiary/aromatic N) is 2. The van der Waals surface area contributed by atoms with Crippen molar-refractivity contribution in [1.82, 2.24) is 9.88 Å².